The molecule has 1 heterocycles. The summed E-state index contributed by atoms with van der Waals surface area (Å²) in [5.74, 6) is 2.68. The number of ether oxygens (including phenoxy) is 1. The minimum absolute atomic E-state index is 0.300. The van der Waals surface area contributed by atoms with Crippen molar-refractivity contribution in [2.75, 3.05) is 0 Å². The Morgan fingerprint density at radius 1 is 1.38 bits per heavy atom. The van der Waals surface area contributed by atoms with Crippen molar-refractivity contribution < 1.29 is 9.53 Å². The average molecular weight is 175 g/mol. The van der Waals surface area contributed by atoms with Crippen molar-refractivity contribution in [1.29, 1.82) is 0 Å². The first-order chi connectivity index (χ1) is 6.22. The first kappa shape index (κ1) is 9.27. The summed E-state index contributed by atoms with van der Waals surface area (Å²) in [6.07, 6.45) is 2.26. The summed E-state index contributed by atoms with van der Waals surface area (Å²) in [6, 6.07) is 3.66. The van der Waals surface area contributed by atoms with Crippen molar-refractivity contribution in [3.8, 4) is 12.0 Å². The Morgan fingerprint density at radius 2 is 2.00 bits per heavy atom. The molecule has 0 unspecified atom stereocenters. The quantitative estimate of drug-likeness (QED) is 0.475. The number of carbonyl (C=O) groups excluding carboxylic acids is 1. The Hall–Kier alpha value is -1.82. The molecule has 1 aromatic heterocycles. The smallest absolute Gasteiger partial charge is 0.307 e. The van der Waals surface area contributed by atoms with Crippen LogP contribution < -0.4 is 0 Å². The highest BCUT2D eigenvalue weighted by molar-refractivity contribution is 5.42. The average Bonchev–Trinajstić information content (AvgIpc) is 2.03. The van der Waals surface area contributed by atoms with Crippen LogP contribution in [0.25, 0.3) is 0 Å². The van der Waals surface area contributed by atoms with Gasteiger partial charge in [-0.05, 0) is 31.9 Å². The summed E-state index contributed by atoms with van der Waals surface area (Å²) >= 11 is 0. The van der Waals surface area contributed by atoms with Gasteiger partial charge in [0.2, 0.25) is 0 Å². The van der Waals surface area contributed by atoms with Crippen LogP contribution in [0.15, 0.2) is 12.1 Å². The molecule has 3 nitrogen and oxygen atoms in total. The lowest BCUT2D eigenvalue weighted by atomic mass is 10.2. The summed E-state index contributed by atoms with van der Waals surface area (Å²) in [4.78, 5) is 14.0. The van der Waals surface area contributed by atoms with Crippen molar-refractivity contribution in [3.05, 3.63) is 29.1 Å². The van der Waals surface area contributed by atoms with Crippen LogP contribution in [-0.4, -0.2) is 11.5 Å². The fraction of sp³-hybridized carbons (Fsp3) is 0.200. The van der Waals surface area contributed by atoms with Gasteiger partial charge in [0.25, 0.3) is 0 Å². The van der Waals surface area contributed by atoms with E-state index in [-0.39, 0.29) is 0 Å². The molecule has 1 aromatic rings. The van der Waals surface area contributed by atoms with Gasteiger partial charge in [-0.15, -0.1) is 0 Å². The van der Waals surface area contributed by atoms with E-state index in [2.05, 4.69) is 21.7 Å². The number of carbonyl (C=O) groups is 1. The number of hydrogen-bond donors (Lipinski definition) is 0. The third-order valence-electron chi connectivity index (χ3n) is 1.38. The molecule has 0 bridgehead atoms. The predicted molar refractivity (Wildman–Crippen MR) is 47.7 cm³/mol. The Bertz CT molecular complexity index is 354. The second-order valence-corrected chi connectivity index (χ2v) is 2.58. The topological polar surface area (TPSA) is 39.2 Å². The molecule has 1 rings (SSSR count). The second kappa shape index (κ2) is 4.27. The monoisotopic (exact) mass is 175 g/mol. The molecule has 0 saturated heterocycles. The minimum Gasteiger partial charge on any atom is -0.374 e. The van der Waals surface area contributed by atoms with E-state index in [1.165, 1.54) is 0 Å². The van der Waals surface area contributed by atoms with Gasteiger partial charge >= 0.3 is 6.47 Å². The Kier molecular flexibility index (Phi) is 3.04. The first-order valence-corrected chi connectivity index (χ1v) is 3.78. The van der Waals surface area contributed by atoms with Gasteiger partial charge in [-0.25, -0.2) is 0 Å². The molecule has 0 atom stereocenters. The van der Waals surface area contributed by atoms with E-state index in [1.54, 1.807) is 0 Å². The van der Waals surface area contributed by atoms with Crippen molar-refractivity contribution in [2.45, 2.75) is 13.8 Å². The summed E-state index contributed by atoms with van der Waals surface area (Å²) in [5.41, 5.74) is 2.60. The number of nitrogens with zero attached hydrogens (tertiary/aromatic N) is 1. The standard InChI is InChI=1S/C10H9NO2/c1-8-5-10(3-4-13-7-12)6-9(2)11-8/h5-7H,1-2H3. The number of pyridine rings is 1. The van der Waals surface area contributed by atoms with Gasteiger partial charge in [0.15, 0.2) is 0 Å². The summed E-state index contributed by atoms with van der Waals surface area (Å²) in [7, 11) is 0. The Balaban J connectivity index is 2.90. The largest absolute Gasteiger partial charge is 0.374 e. The molecule has 0 N–H and O–H groups in total. The van der Waals surface area contributed by atoms with Gasteiger partial charge in [0, 0.05) is 17.0 Å². The van der Waals surface area contributed by atoms with Crippen LogP contribution in [0.1, 0.15) is 17.0 Å². The molecule has 0 spiro atoms. The lowest BCUT2D eigenvalue weighted by Gasteiger charge is -1.95. The maximum atomic E-state index is 9.79. The summed E-state index contributed by atoms with van der Waals surface area (Å²) < 4.78 is 4.26. The van der Waals surface area contributed by atoms with Gasteiger partial charge < -0.3 is 4.74 Å². The van der Waals surface area contributed by atoms with E-state index in [0.717, 1.165) is 17.0 Å². The van der Waals surface area contributed by atoms with E-state index in [9.17, 15) is 4.79 Å². The molecule has 0 radical (unpaired) electrons. The van der Waals surface area contributed by atoms with E-state index in [4.69, 9.17) is 0 Å². The highest BCUT2D eigenvalue weighted by atomic mass is 16.5. The van der Waals surface area contributed by atoms with Crippen LogP contribution in [0.5, 0.6) is 0 Å². The molecule has 0 aliphatic heterocycles. The molecule has 0 fully saturated rings. The lowest BCUT2D eigenvalue weighted by molar-refractivity contribution is -0.122. The zero-order valence-electron chi connectivity index (χ0n) is 7.50. The molecule has 0 aromatic carbocycles. The third-order valence-corrected chi connectivity index (χ3v) is 1.38. The van der Waals surface area contributed by atoms with E-state index in [1.807, 2.05) is 26.0 Å². The maximum absolute atomic E-state index is 9.79. The minimum atomic E-state index is 0.300. The number of aryl methyl sites for hydroxylation is 2. The SMILES string of the molecule is Cc1cc(C#COC=O)cc(C)n1. The maximum Gasteiger partial charge on any atom is 0.307 e. The molecule has 0 amide bonds. The van der Waals surface area contributed by atoms with Crippen LogP contribution in [0.3, 0.4) is 0 Å². The fourth-order valence-electron chi connectivity index (χ4n) is 1.02. The highest BCUT2D eigenvalue weighted by Crippen LogP contribution is 2.02. The zero-order chi connectivity index (χ0) is 9.68. The fourth-order valence-corrected chi connectivity index (χ4v) is 1.02. The molecule has 0 saturated carbocycles. The Morgan fingerprint density at radius 3 is 2.54 bits per heavy atom. The van der Waals surface area contributed by atoms with Crippen molar-refractivity contribution in [1.82, 2.24) is 4.98 Å². The molecule has 66 valence electrons. The van der Waals surface area contributed by atoms with Crippen LogP contribution in [0.4, 0.5) is 0 Å². The van der Waals surface area contributed by atoms with Crippen molar-refractivity contribution >= 4 is 6.47 Å². The predicted octanol–water partition coefficient (Wildman–Crippen LogP) is 1.18. The molecular weight excluding hydrogens is 166 g/mol. The number of rotatable bonds is 1. The van der Waals surface area contributed by atoms with Crippen molar-refractivity contribution in [3.63, 3.8) is 0 Å². The molecule has 3 heteroatoms. The second-order valence-electron chi connectivity index (χ2n) is 2.58. The Labute approximate surface area is 76.8 Å². The number of aromatic nitrogens is 1. The normalized spacial score (nSPS) is 8.46. The number of hydrogen-bond acceptors (Lipinski definition) is 3. The van der Waals surface area contributed by atoms with Crippen LogP contribution >= 0.6 is 0 Å². The van der Waals surface area contributed by atoms with Crippen molar-refractivity contribution in [2.24, 2.45) is 0 Å². The summed E-state index contributed by atoms with van der Waals surface area (Å²) in [5, 5.41) is 0. The van der Waals surface area contributed by atoms with Gasteiger partial charge in [-0.1, -0.05) is 0 Å². The summed E-state index contributed by atoms with van der Waals surface area (Å²) in [6.45, 7) is 4.07. The van der Waals surface area contributed by atoms with Gasteiger partial charge in [-0.3, -0.25) is 9.78 Å². The molecular formula is C10H9NO2. The third kappa shape index (κ3) is 2.96. The van der Waals surface area contributed by atoms with Gasteiger partial charge in [0.1, 0.15) is 6.11 Å². The van der Waals surface area contributed by atoms with Crippen LogP contribution in [0.2, 0.25) is 0 Å². The highest BCUT2D eigenvalue weighted by Gasteiger charge is 1.92. The van der Waals surface area contributed by atoms with Crippen LogP contribution in [0, 0.1) is 25.9 Å². The first-order valence-electron chi connectivity index (χ1n) is 3.78. The zero-order valence-corrected chi connectivity index (χ0v) is 7.50. The molecule has 0 aliphatic carbocycles. The van der Waals surface area contributed by atoms with Gasteiger partial charge in [0.05, 0.1) is 0 Å². The van der Waals surface area contributed by atoms with E-state index in [0.29, 0.717) is 6.47 Å². The molecule has 0 aliphatic rings. The molecule has 13 heavy (non-hydrogen) atoms. The van der Waals surface area contributed by atoms with Gasteiger partial charge in [-0.2, -0.15) is 0 Å². The van der Waals surface area contributed by atoms with E-state index >= 15 is 0 Å². The van der Waals surface area contributed by atoms with E-state index < -0.39 is 0 Å². The van der Waals surface area contributed by atoms with Crippen LogP contribution in [-0.2, 0) is 9.53 Å². The lowest BCUT2D eigenvalue weighted by Crippen LogP contribution is -1.87.